The van der Waals surface area contributed by atoms with Crippen LogP contribution in [-0.2, 0) is 9.84 Å². The van der Waals surface area contributed by atoms with Gasteiger partial charge >= 0.3 is 0 Å². The number of hydrogen-bond donors (Lipinski definition) is 3. The Labute approximate surface area is 142 Å². The average Bonchev–Trinajstić information content (AvgIpc) is 2.45. The summed E-state index contributed by atoms with van der Waals surface area (Å²) in [4.78, 5) is 10.1. The lowest BCUT2D eigenvalue weighted by Gasteiger charge is -2.33. The molecule has 0 unspecified atom stereocenters. The quantitative estimate of drug-likeness (QED) is 0.536. The normalized spacial score (nSPS) is 16.9. The lowest BCUT2D eigenvalue weighted by molar-refractivity contribution is 0.437. The zero-order valence-electron chi connectivity index (χ0n) is 13.9. The van der Waals surface area contributed by atoms with Gasteiger partial charge in [-0.1, -0.05) is 6.92 Å². The molecule has 1 aliphatic heterocycles. The summed E-state index contributed by atoms with van der Waals surface area (Å²) in [7, 11) is -3.35. The van der Waals surface area contributed by atoms with Crippen LogP contribution in [0.4, 0.5) is 11.4 Å². The lowest BCUT2D eigenvalue weighted by atomic mass is 9.99. The first-order valence-corrected chi connectivity index (χ1v) is 9.59. The van der Waals surface area contributed by atoms with E-state index in [0.717, 1.165) is 25.9 Å². The Morgan fingerprint density at radius 3 is 2.38 bits per heavy atom. The number of anilines is 1. The number of sulfone groups is 1. The fourth-order valence-electron chi connectivity index (χ4n) is 2.68. The molecule has 8 nitrogen and oxygen atoms in total. The van der Waals surface area contributed by atoms with Crippen LogP contribution in [0.25, 0.3) is 0 Å². The molecule has 0 atom stereocenters. The summed E-state index contributed by atoms with van der Waals surface area (Å²) in [5.41, 5.74) is 17.3. The van der Waals surface area contributed by atoms with Crippen LogP contribution in [0.3, 0.4) is 0 Å². The molecule has 0 radical (unpaired) electrons. The third-order valence-corrected chi connectivity index (χ3v) is 5.10. The van der Waals surface area contributed by atoms with E-state index in [1.54, 1.807) is 18.2 Å². The van der Waals surface area contributed by atoms with Crippen LogP contribution in [0.5, 0.6) is 0 Å². The Morgan fingerprint density at radius 1 is 1.21 bits per heavy atom. The second-order valence-electron chi connectivity index (χ2n) is 6.10. The Hall–Kier alpha value is -2.29. The molecule has 2 rings (SSSR count). The molecule has 1 heterocycles. The topological polar surface area (TPSA) is 140 Å². The smallest absolute Gasteiger partial charge is 0.223 e. The van der Waals surface area contributed by atoms with Crippen LogP contribution in [-0.4, -0.2) is 39.7 Å². The highest BCUT2D eigenvalue weighted by Crippen LogP contribution is 2.32. The van der Waals surface area contributed by atoms with Crippen molar-refractivity contribution in [2.45, 2.75) is 24.7 Å². The van der Waals surface area contributed by atoms with E-state index >= 15 is 0 Å². The molecule has 0 aliphatic carbocycles. The molecule has 0 amide bonds. The van der Waals surface area contributed by atoms with Crippen LogP contribution in [0.15, 0.2) is 33.1 Å². The minimum absolute atomic E-state index is 0.0830. The van der Waals surface area contributed by atoms with Gasteiger partial charge in [0.25, 0.3) is 0 Å². The minimum atomic E-state index is -3.35. The Balaban J connectivity index is 2.45. The Morgan fingerprint density at radius 2 is 1.83 bits per heavy atom. The predicted octanol–water partition coefficient (Wildman–Crippen LogP) is 0.546. The molecule has 24 heavy (non-hydrogen) atoms. The van der Waals surface area contributed by atoms with Gasteiger partial charge in [0.05, 0.1) is 16.3 Å². The average molecular weight is 352 g/mol. The highest BCUT2D eigenvalue weighted by atomic mass is 32.2. The Bertz CT molecular complexity index is 760. The number of benzene rings is 1. The van der Waals surface area contributed by atoms with E-state index in [9.17, 15) is 8.42 Å². The summed E-state index contributed by atoms with van der Waals surface area (Å²) >= 11 is 0. The van der Waals surface area contributed by atoms with Crippen molar-refractivity contribution in [2.24, 2.45) is 33.1 Å². The molecular weight excluding hydrogens is 328 g/mol. The third kappa shape index (κ3) is 4.60. The monoisotopic (exact) mass is 352 g/mol. The van der Waals surface area contributed by atoms with Crippen molar-refractivity contribution in [3.8, 4) is 0 Å². The van der Waals surface area contributed by atoms with Crippen molar-refractivity contribution in [1.29, 1.82) is 0 Å². The van der Waals surface area contributed by atoms with Crippen molar-refractivity contribution in [3.63, 3.8) is 0 Å². The number of hydrogen-bond acceptors (Lipinski definition) is 4. The van der Waals surface area contributed by atoms with E-state index in [2.05, 4.69) is 21.8 Å². The number of guanidine groups is 2. The van der Waals surface area contributed by atoms with Gasteiger partial charge in [0.1, 0.15) is 0 Å². The van der Waals surface area contributed by atoms with Crippen molar-refractivity contribution in [3.05, 3.63) is 18.2 Å². The molecule has 0 spiro atoms. The van der Waals surface area contributed by atoms with Crippen molar-refractivity contribution in [2.75, 3.05) is 24.2 Å². The SMILES string of the molecule is CC1CCN(c2cc(N=C(N)N=C(N)N)ccc2S(C)(=O)=O)CC1. The lowest BCUT2D eigenvalue weighted by Crippen LogP contribution is -2.33. The van der Waals surface area contributed by atoms with Gasteiger partial charge < -0.3 is 22.1 Å². The van der Waals surface area contributed by atoms with Gasteiger partial charge in [-0.25, -0.2) is 13.4 Å². The van der Waals surface area contributed by atoms with Gasteiger partial charge in [0.15, 0.2) is 15.8 Å². The van der Waals surface area contributed by atoms with Crippen LogP contribution in [0.2, 0.25) is 0 Å². The largest absolute Gasteiger partial charge is 0.370 e. The second-order valence-corrected chi connectivity index (χ2v) is 8.08. The zero-order valence-corrected chi connectivity index (χ0v) is 14.8. The molecule has 1 aliphatic rings. The summed E-state index contributed by atoms with van der Waals surface area (Å²) < 4.78 is 24.2. The van der Waals surface area contributed by atoms with Crippen molar-refractivity contribution < 1.29 is 8.42 Å². The fourth-order valence-corrected chi connectivity index (χ4v) is 3.56. The van der Waals surface area contributed by atoms with Gasteiger partial charge in [0, 0.05) is 19.3 Å². The van der Waals surface area contributed by atoms with Crippen molar-refractivity contribution >= 4 is 33.1 Å². The molecule has 6 N–H and O–H groups in total. The Kier molecular flexibility index (Phi) is 5.33. The standard InChI is InChI=1S/C15H24N6O2S/c1-10-5-7-21(8-6-10)12-9-11(19-15(18)20-14(16)17)3-4-13(12)24(2,22)23/h3-4,9-10H,5-8H2,1-2H3,(H6,16,17,18,19,20). The summed E-state index contributed by atoms with van der Waals surface area (Å²) in [6.45, 7) is 3.81. The molecule has 1 aromatic rings. The van der Waals surface area contributed by atoms with Gasteiger partial charge in [-0.3, -0.25) is 0 Å². The van der Waals surface area contributed by atoms with Crippen LogP contribution >= 0.6 is 0 Å². The molecule has 0 bridgehead atoms. The van der Waals surface area contributed by atoms with Gasteiger partial charge in [-0.05, 0) is 37.0 Å². The molecule has 1 aromatic carbocycles. The van der Waals surface area contributed by atoms with Crippen LogP contribution in [0, 0.1) is 5.92 Å². The third-order valence-electron chi connectivity index (χ3n) is 3.95. The van der Waals surface area contributed by atoms with E-state index in [-0.39, 0.29) is 16.8 Å². The van der Waals surface area contributed by atoms with Crippen molar-refractivity contribution in [1.82, 2.24) is 0 Å². The fraction of sp³-hybridized carbons (Fsp3) is 0.467. The van der Waals surface area contributed by atoms with Gasteiger partial charge in [-0.15, -0.1) is 0 Å². The van der Waals surface area contributed by atoms with E-state index < -0.39 is 9.84 Å². The first-order chi connectivity index (χ1) is 11.2. The minimum Gasteiger partial charge on any atom is -0.370 e. The second kappa shape index (κ2) is 7.08. The van der Waals surface area contributed by atoms with E-state index in [4.69, 9.17) is 17.2 Å². The summed E-state index contributed by atoms with van der Waals surface area (Å²) in [6.07, 6.45) is 3.24. The van der Waals surface area contributed by atoms with Gasteiger partial charge in [0.2, 0.25) is 5.96 Å². The summed E-state index contributed by atoms with van der Waals surface area (Å²) in [5, 5.41) is 0. The highest BCUT2D eigenvalue weighted by Gasteiger charge is 2.22. The number of nitrogens with two attached hydrogens (primary N) is 3. The predicted molar refractivity (Wildman–Crippen MR) is 97.3 cm³/mol. The first-order valence-electron chi connectivity index (χ1n) is 7.69. The number of rotatable bonds is 3. The highest BCUT2D eigenvalue weighted by molar-refractivity contribution is 7.90. The molecular formula is C15H24N6O2S. The van der Waals surface area contributed by atoms with E-state index in [1.165, 1.54) is 6.26 Å². The molecule has 1 fully saturated rings. The van der Waals surface area contributed by atoms with E-state index in [1.807, 2.05) is 0 Å². The van der Waals surface area contributed by atoms with Gasteiger partial charge in [-0.2, -0.15) is 4.99 Å². The maximum absolute atomic E-state index is 12.1. The number of nitrogens with zero attached hydrogens (tertiary/aromatic N) is 3. The number of aliphatic imine (C=N–C) groups is 2. The van der Waals surface area contributed by atoms with Crippen LogP contribution < -0.4 is 22.1 Å². The first kappa shape index (κ1) is 18.1. The molecule has 1 saturated heterocycles. The summed E-state index contributed by atoms with van der Waals surface area (Å²) in [6, 6.07) is 4.84. The maximum Gasteiger partial charge on any atom is 0.223 e. The van der Waals surface area contributed by atoms with E-state index in [0.29, 0.717) is 17.3 Å². The zero-order chi connectivity index (χ0) is 17.9. The molecule has 9 heteroatoms. The molecule has 0 saturated carbocycles. The number of piperidine rings is 1. The molecule has 132 valence electrons. The van der Waals surface area contributed by atoms with Crippen LogP contribution in [0.1, 0.15) is 19.8 Å². The maximum atomic E-state index is 12.1. The molecule has 0 aromatic heterocycles. The summed E-state index contributed by atoms with van der Waals surface area (Å²) in [5.74, 6) is 0.371.